The maximum atomic E-state index is 13.4. The zero-order chi connectivity index (χ0) is 22.4. The number of nitrogens with one attached hydrogen (secondary N) is 1. The van der Waals surface area contributed by atoms with Crippen LogP contribution in [-0.4, -0.2) is 48.2 Å². The monoisotopic (exact) mass is 435 g/mol. The minimum absolute atomic E-state index is 0.00303. The van der Waals surface area contributed by atoms with Crippen LogP contribution in [0.25, 0.3) is 0 Å². The molecule has 0 bridgehead atoms. The van der Waals surface area contributed by atoms with Crippen LogP contribution in [0.15, 0.2) is 12.1 Å². The van der Waals surface area contributed by atoms with Crippen molar-refractivity contribution in [2.75, 3.05) is 29.2 Å². The van der Waals surface area contributed by atoms with Gasteiger partial charge in [0.25, 0.3) is 0 Å². The molecule has 2 aliphatic rings. The smallest absolute Gasteiger partial charge is 0.249 e. The topological polar surface area (TPSA) is 70.6 Å². The van der Waals surface area contributed by atoms with Gasteiger partial charge in [-0.25, -0.2) is 18.2 Å². The molecule has 2 aromatic rings. The van der Waals surface area contributed by atoms with Gasteiger partial charge in [0.15, 0.2) is 23.3 Å². The Morgan fingerprint density at radius 1 is 1.13 bits per heavy atom. The molecule has 2 heterocycles. The van der Waals surface area contributed by atoms with Crippen LogP contribution in [-0.2, 0) is 4.79 Å². The molecule has 1 unspecified atom stereocenters. The third kappa shape index (κ3) is 3.86. The fraction of sp³-hybridized carbons (Fsp3) is 0.476. The lowest BCUT2D eigenvalue weighted by molar-refractivity contribution is -0.119. The number of halogens is 3. The molecule has 1 N–H and O–H groups in total. The van der Waals surface area contributed by atoms with Gasteiger partial charge in [0.1, 0.15) is 23.6 Å². The summed E-state index contributed by atoms with van der Waals surface area (Å²) in [5, 5.41) is 3.30. The summed E-state index contributed by atoms with van der Waals surface area (Å²) in [5.41, 5.74) is 1.37. The van der Waals surface area contributed by atoms with Crippen molar-refractivity contribution in [1.29, 1.82) is 0 Å². The number of amides is 1. The number of anilines is 3. The van der Waals surface area contributed by atoms with E-state index in [1.165, 1.54) is 0 Å². The third-order valence-electron chi connectivity index (χ3n) is 5.96. The van der Waals surface area contributed by atoms with Gasteiger partial charge in [0, 0.05) is 38.7 Å². The van der Waals surface area contributed by atoms with E-state index in [0.29, 0.717) is 36.0 Å². The van der Waals surface area contributed by atoms with Crippen molar-refractivity contribution in [3.63, 3.8) is 0 Å². The van der Waals surface area contributed by atoms with Gasteiger partial charge in [-0.2, -0.15) is 4.98 Å². The van der Waals surface area contributed by atoms with E-state index in [1.807, 2.05) is 25.8 Å². The van der Waals surface area contributed by atoms with Crippen molar-refractivity contribution in [3.05, 3.63) is 35.3 Å². The van der Waals surface area contributed by atoms with E-state index in [-0.39, 0.29) is 29.8 Å². The zero-order valence-corrected chi connectivity index (χ0v) is 17.7. The molecule has 0 radical (unpaired) electrons. The average molecular weight is 435 g/mol. The summed E-state index contributed by atoms with van der Waals surface area (Å²) >= 11 is 0. The molecule has 4 rings (SSSR count). The number of carbonyl (C=O) groups is 1. The number of aryl methyl sites for hydroxylation is 1. The first-order valence-corrected chi connectivity index (χ1v) is 10.1. The normalized spacial score (nSPS) is 23.2. The lowest BCUT2D eigenvalue weighted by Gasteiger charge is -2.37. The molecule has 7 nitrogen and oxygen atoms in total. The largest absolute Gasteiger partial charge is 0.490 e. The number of aromatic nitrogens is 2. The fourth-order valence-electron chi connectivity index (χ4n) is 4.15. The van der Waals surface area contributed by atoms with Crippen molar-refractivity contribution in [3.8, 4) is 5.75 Å². The Morgan fingerprint density at radius 2 is 1.81 bits per heavy atom. The minimum Gasteiger partial charge on any atom is -0.490 e. The van der Waals surface area contributed by atoms with E-state index in [2.05, 4.69) is 15.3 Å². The van der Waals surface area contributed by atoms with Crippen molar-refractivity contribution in [2.45, 2.75) is 51.3 Å². The van der Waals surface area contributed by atoms with E-state index in [1.54, 1.807) is 11.9 Å². The molecule has 0 saturated heterocycles. The summed E-state index contributed by atoms with van der Waals surface area (Å²) in [6.07, 6.45) is 1.72. The minimum atomic E-state index is -1.51. The zero-order valence-electron chi connectivity index (χ0n) is 17.7. The molecule has 1 fully saturated rings. The van der Waals surface area contributed by atoms with Gasteiger partial charge in [0.2, 0.25) is 11.9 Å². The van der Waals surface area contributed by atoms with E-state index in [9.17, 15) is 18.0 Å². The molecule has 3 atom stereocenters. The Morgan fingerprint density at radius 3 is 2.48 bits per heavy atom. The Labute approximate surface area is 178 Å². The van der Waals surface area contributed by atoms with Crippen LogP contribution in [0, 0.1) is 24.4 Å². The molecule has 1 amide bonds. The molecular formula is C21H24F3N5O2. The molecular weight excluding hydrogens is 411 g/mol. The number of fused-ring (bicyclic) bond motifs is 1. The molecule has 1 aromatic carbocycles. The van der Waals surface area contributed by atoms with Gasteiger partial charge in [0.05, 0.1) is 5.69 Å². The summed E-state index contributed by atoms with van der Waals surface area (Å²) in [5.74, 6) is -3.00. The van der Waals surface area contributed by atoms with Crippen LogP contribution < -0.4 is 19.9 Å². The maximum absolute atomic E-state index is 13.4. The van der Waals surface area contributed by atoms with Gasteiger partial charge in [-0.15, -0.1) is 0 Å². The van der Waals surface area contributed by atoms with E-state index in [0.717, 1.165) is 18.6 Å². The van der Waals surface area contributed by atoms with Gasteiger partial charge in [-0.05, 0) is 26.7 Å². The standard InChI is InChI=1S/C21H24F3N5O2/c1-10-18-19(28(3)11(2)20(30)29(18)4)27-21(25-10)26-12-5-6-13(7-12)31-14-8-15(22)17(24)16(23)9-14/h8-9,11-13H,5-7H2,1-4H3,(H,25,26,27)/t11?,12-,13-/m1/s1. The number of hydrogen-bond acceptors (Lipinski definition) is 6. The van der Waals surface area contributed by atoms with Crippen LogP contribution in [0.3, 0.4) is 0 Å². The Bertz CT molecular complexity index is 1010. The van der Waals surface area contributed by atoms with Crippen molar-refractivity contribution >= 4 is 23.4 Å². The van der Waals surface area contributed by atoms with Crippen LogP contribution in [0.1, 0.15) is 31.9 Å². The number of nitrogens with zero attached hydrogens (tertiary/aromatic N) is 4. The molecule has 166 valence electrons. The highest BCUT2D eigenvalue weighted by Gasteiger charge is 2.35. The summed E-state index contributed by atoms with van der Waals surface area (Å²) in [7, 11) is 3.54. The van der Waals surface area contributed by atoms with Crippen molar-refractivity contribution in [2.24, 2.45) is 0 Å². The Kier molecular flexibility index (Phi) is 5.40. The third-order valence-corrected chi connectivity index (χ3v) is 5.96. The van der Waals surface area contributed by atoms with Gasteiger partial charge >= 0.3 is 0 Å². The van der Waals surface area contributed by atoms with Crippen LogP contribution in [0.2, 0.25) is 0 Å². The highest BCUT2D eigenvalue weighted by atomic mass is 19.2. The van der Waals surface area contributed by atoms with Crippen LogP contribution in [0.4, 0.5) is 30.6 Å². The quantitative estimate of drug-likeness (QED) is 0.743. The van der Waals surface area contributed by atoms with Gasteiger partial charge in [-0.3, -0.25) is 4.79 Å². The Hall–Kier alpha value is -3.04. The second-order valence-corrected chi connectivity index (χ2v) is 8.08. The summed E-state index contributed by atoms with van der Waals surface area (Å²) < 4.78 is 45.6. The number of hydrogen-bond donors (Lipinski definition) is 1. The average Bonchev–Trinajstić information content (AvgIpc) is 3.15. The molecule has 31 heavy (non-hydrogen) atoms. The van der Waals surface area contributed by atoms with Crippen LogP contribution in [0.5, 0.6) is 5.75 Å². The molecule has 1 saturated carbocycles. The first kappa shape index (κ1) is 21.2. The lowest BCUT2D eigenvalue weighted by atomic mass is 10.1. The molecule has 1 aliphatic heterocycles. The van der Waals surface area contributed by atoms with Crippen LogP contribution >= 0.6 is 0 Å². The first-order chi connectivity index (χ1) is 14.7. The van der Waals surface area contributed by atoms with Gasteiger partial charge in [-0.1, -0.05) is 0 Å². The fourth-order valence-corrected chi connectivity index (χ4v) is 4.15. The van der Waals surface area contributed by atoms with Gasteiger partial charge < -0.3 is 19.9 Å². The lowest BCUT2D eigenvalue weighted by Crippen LogP contribution is -2.50. The second kappa shape index (κ2) is 7.90. The van der Waals surface area contributed by atoms with Crippen molar-refractivity contribution in [1.82, 2.24) is 9.97 Å². The van der Waals surface area contributed by atoms with E-state index in [4.69, 9.17) is 4.74 Å². The summed E-state index contributed by atoms with van der Waals surface area (Å²) in [4.78, 5) is 24.9. The Balaban J connectivity index is 1.46. The van der Waals surface area contributed by atoms with E-state index < -0.39 is 17.5 Å². The number of benzene rings is 1. The summed E-state index contributed by atoms with van der Waals surface area (Å²) in [6.45, 7) is 3.66. The first-order valence-electron chi connectivity index (χ1n) is 10.1. The number of rotatable bonds is 4. The highest BCUT2D eigenvalue weighted by molar-refractivity contribution is 6.04. The second-order valence-electron chi connectivity index (χ2n) is 8.08. The summed E-state index contributed by atoms with van der Waals surface area (Å²) in [6, 6.07) is 1.37. The van der Waals surface area contributed by atoms with Crippen molar-refractivity contribution < 1.29 is 22.7 Å². The predicted molar refractivity (Wildman–Crippen MR) is 110 cm³/mol. The maximum Gasteiger partial charge on any atom is 0.249 e. The number of carbonyl (C=O) groups excluding carboxylic acids is 1. The molecule has 10 heteroatoms. The SMILES string of the molecule is Cc1nc(N[C@@H]2CC[C@@H](Oc3cc(F)c(F)c(F)c3)C2)nc2c1N(C)C(=O)C(C)N2C. The number of ether oxygens (including phenoxy) is 1. The highest BCUT2D eigenvalue weighted by Crippen LogP contribution is 2.36. The molecule has 1 aliphatic carbocycles. The molecule has 0 spiro atoms. The molecule has 1 aromatic heterocycles. The number of likely N-dealkylation sites (N-methyl/N-ethyl adjacent to an activating group) is 2. The predicted octanol–water partition coefficient (Wildman–Crippen LogP) is 3.42. The van der Waals surface area contributed by atoms with E-state index >= 15 is 0 Å².